The predicted molar refractivity (Wildman–Crippen MR) is 78.9 cm³/mol. The van der Waals surface area contributed by atoms with Crippen LogP contribution in [0.2, 0.25) is 0 Å². The zero-order chi connectivity index (χ0) is 13.5. The van der Waals surface area contributed by atoms with Gasteiger partial charge in [0.2, 0.25) is 0 Å². The maximum Gasteiger partial charge on any atom is 0.251 e. The van der Waals surface area contributed by atoms with Gasteiger partial charge in [0.1, 0.15) is 0 Å². The van der Waals surface area contributed by atoms with E-state index in [-0.39, 0.29) is 5.91 Å². The Morgan fingerprint density at radius 1 is 1.15 bits per heavy atom. The van der Waals surface area contributed by atoms with Gasteiger partial charge >= 0.3 is 0 Å². The Morgan fingerprint density at radius 2 is 1.95 bits per heavy atom. The molecule has 1 aromatic carbocycles. The van der Waals surface area contributed by atoms with Crippen molar-refractivity contribution in [2.75, 3.05) is 19.6 Å². The molecule has 1 atom stereocenters. The normalized spacial score (nSPS) is 31.1. The van der Waals surface area contributed by atoms with Crippen LogP contribution in [0, 0.1) is 5.92 Å². The third-order valence-corrected chi connectivity index (χ3v) is 5.33. The number of aryl methyl sites for hydroxylation is 2. The van der Waals surface area contributed by atoms with Crippen LogP contribution in [0.15, 0.2) is 18.2 Å². The lowest BCUT2D eigenvalue weighted by atomic mass is 9.84. The van der Waals surface area contributed by atoms with Crippen molar-refractivity contribution in [1.82, 2.24) is 10.2 Å². The number of hydrogen-bond donors (Lipinski definition) is 1. The van der Waals surface area contributed by atoms with Gasteiger partial charge in [0.05, 0.1) is 0 Å². The van der Waals surface area contributed by atoms with Crippen molar-refractivity contribution in [2.24, 2.45) is 5.92 Å². The number of carbonyl (C=O) groups is 1. The van der Waals surface area contributed by atoms with E-state index < -0.39 is 0 Å². The van der Waals surface area contributed by atoms with Gasteiger partial charge in [-0.15, -0.1) is 0 Å². The minimum absolute atomic E-state index is 0.124. The number of rotatable bonds is 2. The minimum atomic E-state index is 0.124. The quantitative estimate of drug-likeness (QED) is 0.891. The highest BCUT2D eigenvalue weighted by Gasteiger charge is 2.34. The molecule has 3 fully saturated rings. The van der Waals surface area contributed by atoms with Crippen LogP contribution in [-0.4, -0.2) is 36.5 Å². The van der Waals surface area contributed by atoms with Gasteiger partial charge in [0.25, 0.3) is 5.91 Å². The Morgan fingerprint density at radius 3 is 2.70 bits per heavy atom. The molecule has 0 aromatic heterocycles. The predicted octanol–water partition coefficient (Wildman–Crippen LogP) is 2.00. The first kappa shape index (κ1) is 12.4. The Labute approximate surface area is 120 Å². The average Bonchev–Trinajstić information content (AvgIpc) is 2.96. The molecule has 1 N–H and O–H groups in total. The Kier molecular flexibility index (Phi) is 3.03. The summed E-state index contributed by atoms with van der Waals surface area (Å²) in [4.78, 5) is 14.9. The van der Waals surface area contributed by atoms with E-state index >= 15 is 0 Å². The van der Waals surface area contributed by atoms with Crippen LogP contribution in [0.4, 0.5) is 0 Å². The number of carbonyl (C=O) groups excluding carboxylic acids is 1. The van der Waals surface area contributed by atoms with Crippen molar-refractivity contribution in [3.05, 3.63) is 34.9 Å². The number of amides is 1. The topological polar surface area (TPSA) is 32.3 Å². The summed E-state index contributed by atoms with van der Waals surface area (Å²) in [6.07, 6.45) is 6.04. The lowest BCUT2D eigenvalue weighted by molar-refractivity contribution is 0.0620. The summed E-state index contributed by atoms with van der Waals surface area (Å²) >= 11 is 0. The monoisotopic (exact) mass is 270 g/mol. The number of fused-ring (bicyclic) bond motifs is 4. The second-order valence-electron chi connectivity index (χ2n) is 6.56. The van der Waals surface area contributed by atoms with Gasteiger partial charge in [-0.2, -0.15) is 0 Å². The number of nitrogens with one attached hydrogen (secondary N) is 1. The molecule has 20 heavy (non-hydrogen) atoms. The number of piperidine rings is 3. The molecule has 0 saturated carbocycles. The van der Waals surface area contributed by atoms with E-state index in [0.29, 0.717) is 12.0 Å². The summed E-state index contributed by atoms with van der Waals surface area (Å²) in [6, 6.07) is 6.62. The summed E-state index contributed by atoms with van der Waals surface area (Å²) < 4.78 is 0. The van der Waals surface area contributed by atoms with Crippen LogP contribution in [0.3, 0.4) is 0 Å². The van der Waals surface area contributed by atoms with Crippen LogP contribution in [0.5, 0.6) is 0 Å². The minimum Gasteiger partial charge on any atom is -0.348 e. The van der Waals surface area contributed by atoms with Gasteiger partial charge in [0.15, 0.2) is 0 Å². The molecule has 5 rings (SSSR count). The van der Waals surface area contributed by atoms with Crippen LogP contribution < -0.4 is 5.32 Å². The van der Waals surface area contributed by atoms with Gasteiger partial charge in [-0.25, -0.2) is 0 Å². The van der Waals surface area contributed by atoms with Gasteiger partial charge < -0.3 is 10.2 Å². The number of benzene rings is 1. The summed E-state index contributed by atoms with van der Waals surface area (Å²) in [5.41, 5.74) is 3.66. The highest BCUT2D eigenvalue weighted by Crippen LogP contribution is 2.28. The fourth-order valence-corrected chi connectivity index (χ4v) is 4.09. The third-order valence-electron chi connectivity index (χ3n) is 5.33. The molecule has 3 nitrogen and oxygen atoms in total. The van der Waals surface area contributed by atoms with E-state index in [4.69, 9.17) is 0 Å². The molecule has 1 amide bonds. The highest BCUT2D eigenvalue weighted by molar-refractivity contribution is 5.94. The molecule has 0 unspecified atom stereocenters. The molecule has 3 heteroatoms. The summed E-state index contributed by atoms with van der Waals surface area (Å²) in [7, 11) is 0. The molecule has 0 radical (unpaired) electrons. The average molecular weight is 270 g/mol. The van der Waals surface area contributed by atoms with E-state index in [9.17, 15) is 4.79 Å². The van der Waals surface area contributed by atoms with Gasteiger partial charge in [-0.05, 0) is 74.4 Å². The van der Waals surface area contributed by atoms with Crippen LogP contribution in [-0.2, 0) is 12.8 Å². The maximum atomic E-state index is 12.5. The molecular formula is C17H22N2O. The van der Waals surface area contributed by atoms with E-state index in [1.807, 2.05) is 6.07 Å². The van der Waals surface area contributed by atoms with E-state index in [0.717, 1.165) is 18.5 Å². The molecule has 3 aliphatic heterocycles. The van der Waals surface area contributed by atoms with E-state index in [1.165, 1.54) is 49.9 Å². The van der Waals surface area contributed by atoms with Crippen molar-refractivity contribution in [3.8, 4) is 0 Å². The lowest BCUT2D eigenvalue weighted by Gasteiger charge is -2.44. The van der Waals surface area contributed by atoms with Crippen molar-refractivity contribution in [3.63, 3.8) is 0 Å². The molecule has 1 aliphatic carbocycles. The van der Waals surface area contributed by atoms with Crippen molar-refractivity contribution < 1.29 is 4.79 Å². The lowest BCUT2D eigenvalue weighted by Crippen LogP contribution is -2.57. The standard InChI is InChI=1S/C17H22N2O/c20-17(15-5-4-12-2-1-3-14(12)10-15)18-16-11-19-8-6-13(16)7-9-19/h4-5,10,13,16H,1-3,6-9,11H2,(H,18,20)/t16-/m0/s1. The number of nitrogens with zero attached hydrogens (tertiary/aromatic N) is 1. The fraction of sp³-hybridized carbons (Fsp3) is 0.588. The Balaban J connectivity index is 1.48. The molecular weight excluding hydrogens is 248 g/mol. The van der Waals surface area contributed by atoms with Gasteiger partial charge in [-0.3, -0.25) is 4.79 Å². The Bertz CT molecular complexity index is 532. The van der Waals surface area contributed by atoms with Crippen molar-refractivity contribution in [2.45, 2.75) is 38.1 Å². The second kappa shape index (κ2) is 4.88. The van der Waals surface area contributed by atoms with E-state index in [2.05, 4.69) is 22.3 Å². The summed E-state index contributed by atoms with van der Waals surface area (Å²) in [6.45, 7) is 3.48. The van der Waals surface area contributed by atoms with Crippen molar-refractivity contribution in [1.29, 1.82) is 0 Å². The van der Waals surface area contributed by atoms with Crippen LogP contribution in [0.25, 0.3) is 0 Å². The first-order valence-electron chi connectivity index (χ1n) is 7.94. The number of hydrogen-bond acceptors (Lipinski definition) is 2. The van der Waals surface area contributed by atoms with Gasteiger partial charge in [0, 0.05) is 18.2 Å². The first-order valence-corrected chi connectivity index (χ1v) is 7.94. The molecule has 3 saturated heterocycles. The summed E-state index contributed by atoms with van der Waals surface area (Å²) in [5.74, 6) is 0.817. The molecule has 3 heterocycles. The highest BCUT2D eigenvalue weighted by atomic mass is 16.1. The molecule has 0 spiro atoms. The maximum absolute atomic E-state index is 12.5. The molecule has 1 aromatic rings. The molecule has 2 bridgehead atoms. The zero-order valence-corrected chi connectivity index (χ0v) is 11.9. The smallest absolute Gasteiger partial charge is 0.251 e. The largest absolute Gasteiger partial charge is 0.348 e. The van der Waals surface area contributed by atoms with Crippen LogP contribution in [0.1, 0.15) is 40.7 Å². The van der Waals surface area contributed by atoms with Gasteiger partial charge in [-0.1, -0.05) is 6.07 Å². The molecule has 4 aliphatic rings. The van der Waals surface area contributed by atoms with Crippen LogP contribution >= 0.6 is 0 Å². The SMILES string of the molecule is O=C(N[C@H]1CN2CCC1CC2)c1ccc2c(c1)CCC2. The molecule has 106 valence electrons. The third kappa shape index (κ3) is 2.14. The zero-order valence-electron chi connectivity index (χ0n) is 11.9. The summed E-state index contributed by atoms with van der Waals surface area (Å²) in [5, 5.41) is 3.28. The van der Waals surface area contributed by atoms with E-state index in [1.54, 1.807) is 0 Å². The first-order chi connectivity index (χ1) is 9.79. The van der Waals surface area contributed by atoms with Crippen molar-refractivity contribution >= 4 is 5.91 Å². The fourth-order valence-electron chi connectivity index (χ4n) is 4.09. The Hall–Kier alpha value is -1.35. The second-order valence-corrected chi connectivity index (χ2v) is 6.56.